The summed E-state index contributed by atoms with van der Waals surface area (Å²) in [6, 6.07) is 0. The molecule has 1 heteroatoms. The Morgan fingerprint density at radius 1 is 1.73 bits per heavy atom. The summed E-state index contributed by atoms with van der Waals surface area (Å²) in [5.41, 5.74) is 4.09. The first-order valence-electron chi connectivity index (χ1n) is 3.74. The Hall–Kier alpha value is -0.960. The van der Waals surface area contributed by atoms with Gasteiger partial charge in [-0.25, -0.2) is 0 Å². The molecule has 1 atom stereocenters. The van der Waals surface area contributed by atoms with Gasteiger partial charge < -0.3 is 5.11 Å². The van der Waals surface area contributed by atoms with Crippen LogP contribution in [-0.4, -0.2) is 11.2 Å². The SMILES string of the molecule is C#CCC(O)C=C=C(C)CC. The molecule has 0 bridgehead atoms. The number of hydrogen-bond donors (Lipinski definition) is 1. The Bertz CT molecular complexity index is 201. The molecular weight excluding hydrogens is 136 g/mol. The number of aliphatic hydroxyl groups excluding tert-OH is 1. The van der Waals surface area contributed by atoms with Crippen LogP contribution in [0.5, 0.6) is 0 Å². The van der Waals surface area contributed by atoms with E-state index in [9.17, 15) is 0 Å². The highest BCUT2D eigenvalue weighted by molar-refractivity contribution is 5.02. The van der Waals surface area contributed by atoms with Gasteiger partial charge in [0.25, 0.3) is 0 Å². The Morgan fingerprint density at radius 2 is 2.36 bits per heavy atom. The molecular formula is C10H14O. The molecule has 0 saturated heterocycles. The quantitative estimate of drug-likeness (QED) is 0.481. The topological polar surface area (TPSA) is 20.2 Å². The summed E-state index contributed by atoms with van der Waals surface area (Å²) < 4.78 is 0. The van der Waals surface area contributed by atoms with Crippen molar-refractivity contribution >= 4 is 0 Å². The minimum Gasteiger partial charge on any atom is -0.387 e. The molecule has 0 radical (unpaired) electrons. The van der Waals surface area contributed by atoms with Crippen LogP contribution in [0, 0.1) is 12.3 Å². The summed E-state index contributed by atoms with van der Waals surface area (Å²) in [5.74, 6) is 2.38. The fourth-order valence-electron chi connectivity index (χ4n) is 0.520. The van der Waals surface area contributed by atoms with Crippen molar-refractivity contribution in [2.24, 2.45) is 0 Å². The smallest absolute Gasteiger partial charge is 0.0903 e. The summed E-state index contributed by atoms with van der Waals surface area (Å²) in [7, 11) is 0. The summed E-state index contributed by atoms with van der Waals surface area (Å²) in [6.45, 7) is 4.02. The molecule has 1 unspecified atom stereocenters. The first-order valence-corrected chi connectivity index (χ1v) is 3.74. The standard InChI is InChI=1S/C10H14O/c1-4-6-10(11)8-7-9(3)5-2/h1,8,10-11H,5-6H2,2-3H3. The van der Waals surface area contributed by atoms with Crippen molar-refractivity contribution in [3.63, 3.8) is 0 Å². The van der Waals surface area contributed by atoms with E-state index in [1.165, 1.54) is 0 Å². The maximum absolute atomic E-state index is 9.12. The molecule has 0 spiro atoms. The van der Waals surface area contributed by atoms with Gasteiger partial charge in [-0.05, 0) is 25.0 Å². The molecule has 11 heavy (non-hydrogen) atoms. The summed E-state index contributed by atoms with van der Waals surface area (Å²) in [4.78, 5) is 0. The van der Waals surface area contributed by atoms with Crippen molar-refractivity contribution < 1.29 is 5.11 Å². The van der Waals surface area contributed by atoms with Crippen molar-refractivity contribution in [1.29, 1.82) is 0 Å². The van der Waals surface area contributed by atoms with Gasteiger partial charge >= 0.3 is 0 Å². The molecule has 1 N–H and O–H groups in total. The fourth-order valence-corrected chi connectivity index (χ4v) is 0.520. The molecule has 0 rings (SSSR count). The number of terminal acetylenes is 1. The van der Waals surface area contributed by atoms with Gasteiger partial charge in [0.05, 0.1) is 6.10 Å². The second-order valence-corrected chi connectivity index (χ2v) is 2.42. The van der Waals surface area contributed by atoms with E-state index < -0.39 is 6.10 Å². The molecule has 0 aliphatic rings. The van der Waals surface area contributed by atoms with Crippen LogP contribution in [0.25, 0.3) is 0 Å². The van der Waals surface area contributed by atoms with Gasteiger partial charge in [0.1, 0.15) is 0 Å². The third-order valence-corrected chi connectivity index (χ3v) is 1.38. The highest BCUT2D eigenvalue weighted by atomic mass is 16.3. The minimum atomic E-state index is -0.540. The number of hydrogen-bond acceptors (Lipinski definition) is 1. The molecule has 60 valence electrons. The van der Waals surface area contributed by atoms with E-state index >= 15 is 0 Å². The molecule has 0 aliphatic carbocycles. The maximum atomic E-state index is 9.12. The van der Waals surface area contributed by atoms with E-state index in [0.29, 0.717) is 6.42 Å². The zero-order valence-electron chi connectivity index (χ0n) is 7.09. The molecule has 0 aromatic heterocycles. The van der Waals surface area contributed by atoms with Gasteiger partial charge in [-0.2, -0.15) is 0 Å². The van der Waals surface area contributed by atoms with Gasteiger partial charge in [0, 0.05) is 6.42 Å². The minimum absolute atomic E-state index is 0.365. The van der Waals surface area contributed by atoms with Gasteiger partial charge in [-0.3, -0.25) is 0 Å². The van der Waals surface area contributed by atoms with Gasteiger partial charge in [-0.1, -0.05) is 6.92 Å². The predicted octanol–water partition coefficient (Wildman–Crippen LogP) is 1.88. The third-order valence-electron chi connectivity index (χ3n) is 1.38. The third kappa shape index (κ3) is 5.48. The molecule has 0 saturated carbocycles. The second kappa shape index (κ2) is 5.80. The second-order valence-electron chi connectivity index (χ2n) is 2.42. The monoisotopic (exact) mass is 150 g/mol. The first kappa shape index (κ1) is 10.0. The molecule has 0 fully saturated rings. The molecule has 0 aromatic rings. The Morgan fingerprint density at radius 3 is 2.82 bits per heavy atom. The van der Waals surface area contributed by atoms with Crippen molar-refractivity contribution in [3.05, 3.63) is 17.4 Å². The van der Waals surface area contributed by atoms with Crippen LogP contribution >= 0.6 is 0 Å². The first-order chi connectivity index (χ1) is 5.20. The van der Waals surface area contributed by atoms with E-state index in [1.807, 2.05) is 13.8 Å². The number of aliphatic hydroxyl groups is 1. The molecule has 1 nitrogen and oxygen atoms in total. The zero-order chi connectivity index (χ0) is 8.69. The Labute approximate surface area is 68.4 Å². The van der Waals surface area contributed by atoms with Crippen LogP contribution in [0.15, 0.2) is 17.4 Å². The predicted molar refractivity (Wildman–Crippen MR) is 47.0 cm³/mol. The van der Waals surface area contributed by atoms with E-state index in [0.717, 1.165) is 12.0 Å². The molecule has 0 aliphatic heterocycles. The normalized spacial score (nSPS) is 11.1. The van der Waals surface area contributed by atoms with Gasteiger partial charge in [0.15, 0.2) is 0 Å². The van der Waals surface area contributed by atoms with Gasteiger partial charge in [0.2, 0.25) is 0 Å². The molecule has 0 amide bonds. The summed E-state index contributed by atoms with van der Waals surface area (Å²) >= 11 is 0. The average Bonchev–Trinajstić information content (AvgIpc) is 2.01. The van der Waals surface area contributed by atoms with Crippen molar-refractivity contribution in [2.75, 3.05) is 0 Å². The highest BCUT2D eigenvalue weighted by Gasteiger charge is 1.92. The Balaban J connectivity index is 4.02. The lowest BCUT2D eigenvalue weighted by molar-refractivity contribution is 0.229. The van der Waals surface area contributed by atoms with Crippen LogP contribution in [0.3, 0.4) is 0 Å². The van der Waals surface area contributed by atoms with Crippen LogP contribution < -0.4 is 0 Å². The van der Waals surface area contributed by atoms with Crippen molar-refractivity contribution in [2.45, 2.75) is 32.8 Å². The Kier molecular flexibility index (Phi) is 5.29. The number of rotatable bonds is 3. The van der Waals surface area contributed by atoms with Crippen LogP contribution in [0.1, 0.15) is 26.7 Å². The van der Waals surface area contributed by atoms with Crippen molar-refractivity contribution in [3.8, 4) is 12.3 Å². The van der Waals surface area contributed by atoms with Crippen LogP contribution in [0.4, 0.5) is 0 Å². The van der Waals surface area contributed by atoms with E-state index in [4.69, 9.17) is 11.5 Å². The van der Waals surface area contributed by atoms with Gasteiger partial charge in [-0.15, -0.1) is 18.1 Å². The van der Waals surface area contributed by atoms with E-state index in [1.54, 1.807) is 6.08 Å². The average molecular weight is 150 g/mol. The molecule has 0 aromatic carbocycles. The van der Waals surface area contributed by atoms with Crippen LogP contribution in [-0.2, 0) is 0 Å². The van der Waals surface area contributed by atoms with Crippen LogP contribution in [0.2, 0.25) is 0 Å². The maximum Gasteiger partial charge on any atom is 0.0903 e. The largest absolute Gasteiger partial charge is 0.387 e. The highest BCUT2D eigenvalue weighted by Crippen LogP contribution is 1.96. The summed E-state index contributed by atoms with van der Waals surface area (Å²) in [5, 5.41) is 9.12. The lowest BCUT2D eigenvalue weighted by Crippen LogP contribution is -1.98. The molecule has 0 heterocycles. The lowest BCUT2D eigenvalue weighted by Gasteiger charge is -1.95. The zero-order valence-corrected chi connectivity index (χ0v) is 7.09. The van der Waals surface area contributed by atoms with E-state index in [2.05, 4.69) is 11.7 Å². The lowest BCUT2D eigenvalue weighted by atomic mass is 10.2. The summed E-state index contributed by atoms with van der Waals surface area (Å²) in [6.07, 6.45) is 7.40. The van der Waals surface area contributed by atoms with Crippen molar-refractivity contribution in [1.82, 2.24) is 0 Å². The van der Waals surface area contributed by atoms with E-state index in [-0.39, 0.29) is 0 Å². The fraction of sp³-hybridized carbons (Fsp3) is 0.500.